The molecule has 2 unspecified atom stereocenters. The lowest BCUT2D eigenvalue weighted by Crippen LogP contribution is -2.50. The van der Waals surface area contributed by atoms with Crippen molar-refractivity contribution in [1.82, 2.24) is 9.80 Å². The van der Waals surface area contributed by atoms with Crippen LogP contribution >= 0.6 is 11.8 Å². The molecule has 2 atom stereocenters. The van der Waals surface area contributed by atoms with Crippen molar-refractivity contribution in [2.75, 3.05) is 25.2 Å². The molecule has 124 valence electrons. The average Bonchev–Trinajstić information content (AvgIpc) is 3.16. The second kappa shape index (κ2) is 7.35. The monoisotopic (exact) mass is 328 g/mol. The highest BCUT2D eigenvalue weighted by molar-refractivity contribution is 7.99. The summed E-state index contributed by atoms with van der Waals surface area (Å²) in [6.45, 7) is 1.75. The molecule has 0 radical (unpaired) electrons. The molecule has 2 amide bonds. The lowest BCUT2D eigenvalue weighted by Gasteiger charge is -2.29. The van der Waals surface area contributed by atoms with Gasteiger partial charge in [0.15, 0.2) is 0 Å². The Morgan fingerprint density at radius 1 is 1.32 bits per heavy atom. The molecule has 0 aromatic carbocycles. The number of aliphatic carboxylic acids is 1. The molecule has 0 spiro atoms. The van der Waals surface area contributed by atoms with Gasteiger partial charge in [0.05, 0.1) is 11.8 Å². The van der Waals surface area contributed by atoms with Crippen molar-refractivity contribution in [3.63, 3.8) is 0 Å². The first-order valence-electron chi connectivity index (χ1n) is 7.77. The second-order valence-electron chi connectivity index (χ2n) is 6.26. The molecule has 1 heterocycles. The van der Waals surface area contributed by atoms with E-state index in [0.717, 1.165) is 25.7 Å². The first-order valence-corrected chi connectivity index (χ1v) is 8.93. The van der Waals surface area contributed by atoms with Crippen LogP contribution in [0.3, 0.4) is 0 Å². The van der Waals surface area contributed by atoms with Crippen LogP contribution in [0.5, 0.6) is 0 Å². The Bertz CT molecular complexity index is 451. The van der Waals surface area contributed by atoms with Crippen LogP contribution in [0, 0.1) is 11.8 Å². The topological polar surface area (TPSA) is 77.9 Å². The number of amides is 2. The zero-order chi connectivity index (χ0) is 16.3. The van der Waals surface area contributed by atoms with Crippen LogP contribution in [0.1, 0.15) is 32.6 Å². The second-order valence-corrected chi connectivity index (χ2v) is 7.26. The van der Waals surface area contributed by atoms with Crippen molar-refractivity contribution in [2.45, 2.75) is 38.6 Å². The minimum Gasteiger partial charge on any atom is -0.481 e. The molecule has 2 rings (SSSR count). The smallest absolute Gasteiger partial charge is 0.308 e. The Morgan fingerprint density at radius 2 is 1.95 bits per heavy atom. The third-order valence-electron chi connectivity index (χ3n) is 4.50. The van der Waals surface area contributed by atoms with Gasteiger partial charge in [-0.3, -0.25) is 14.4 Å². The summed E-state index contributed by atoms with van der Waals surface area (Å²) in [5.74, 6) is -0.347. The molecule has 1 N–H and O–H groups in total. The van der Waals surface area contributed by atoms with Crippen LogP contribution in [-0.2, 0) is 14.4 Å². The lowest BCUT2D eigenvalue weighted by atomic mass is 10.1. The maximum absolute atomic E-state index is 12.6. The fraction of sp³-hybridized carbons (Fsp3) is 0.800. The third-order valence-corrected chi connectivity index (χ3v) is 5.51. The predicted octanol–water partition coefficient (Wildman–Crippen LogP) is 1.26. The van der Waals surface area contributed by atoms with Gasteiger partial charge in [0, 0.05) is 25.3 Å². The summed E-state index contributed by atoms with van der Waals surface area (Å²) >= 11 is 1.59. The van der Waals surface area contributed by atoms with Gasteiger partial charge in [-0.1, -0.05) is 19.8 Å². The van der Waals surface area contributed by atoms with Crippen molar-refractivity contribution in [2.24, 2.45) is 11.8 Å². The van der Waals surface area contributed by atoms with E-state index in [0.29, 0.717) is 11.6 Å². The van der Waals surface area contributed by atoms with Gasteiger partial charge >= 0.3 is 5.97 Å². The van der Waals surface area contributed by atoms with Gasteiger partial charge in [0.1, 0.15) is 6.04 Å². The summed E-state index contributed by atoms with van der Waals surface area (Å²) in [6, 6.07) is -0.441. The molecular formula is C15H24N2O4S. The molecule has 2 aliphatic rings. The summed E-state index contributed by atoms with van der Waals surface area (Å²) < 4.78 is 0. The van der Waals surface area contributed by atoms with Gasteiger partial charge in [-0.05, 0) is 12.8 Å². The quantitative estimate of drug-likeness (QED) is 0.822. The number of thioether (sulfide) groups is 1. The summed E-state index contributed by atoms with van der Waals surface area (Å²) in [5.41, 5.74) is 0. The molecule has 1 aliphatic carbocycles. The number of rotatable bonds is 5. The van der Waals surface area contributed by atoms with Gasteiger partial charge < -0.3 is 14.9 Å². The van der Waals surface area contributed by atoms with Crippen LogP contribution in [0.2, 0.25) is 0 Å². The Morgan fingerprint density at radius 3 is 2.55 bits per heavy atom. The van der Waals surface area contributed by atoms with E-state index >= 15 is 0 Å². The molecule has 1 saturated carbocycles. The normalized spacial score (nSPS) is 23.5. The minimum absolute atomic E-state index is 0.0669. The molecule has 6 nitrogen and oxygen atoms in total. The van der Waals surface area contributed by atoms with Gasteiger partial charge in [-0.2, -0.15) is 0 Å². The summed E-state index contributed by atoms with van der Waals surface area (Å²) in [4.78, 5) is 39.2. The molecular weight excluding hydrogens is 304 g/mol. The van der Waals surface area contributed by atoms with Crippen molar-refractivity contribution < 1.29 is 19.5 Å². The molecule has 2 fully saturated rings. The Kier molecular flexibility index (Phi) is 5.72. The summed E-state index contributed by atoms with van der Waals surface area (Å²) in [7, 11) is 1.61. The molecule has 1 saturated heterocycles. The minimum atomic E-state index is -0.917. The highest BCUT2D eigenvalue weighted by atomic mass is 32.2. The maximum Gasteiger partial charge on any atom is 0.308 e. The number of hydrogen-bond acceptors (Lipinski definition) is 4. The van der Waals surface area contributed by atoms with Gasteiger partial charge in [-0.15, -0.1) is 11.8 Å². The largest absolute Gasteiger partial charge is 0.481 e. The molecule has 22 heavy (non-hydrogen) atoms. The van der Waals surface area contributed by atoms with E-state index in [1.165, 1.54) is 4.90 Å². The molecule has 0 aromatic rings. The number of carbonyl (C=O) groups is 3. The number of hydrogen-bond donors (Lipinski definition) is 1. The zero-order valence-corrected chi connectivity index (χ0v) is 14.0. The molecule has 0 aromatic heterocycles. The summed E-state index contributed by atoms with van der Waals surface area (Å²) in [5, 5.41) is 8.96. The van der Waals surface area contributed by atoms with E-state index in [2.05, 4.69) is 0 Å². The standard InChI is InChI=1S/C15H24N2O4S/c1-10(15(20)21)7-16(2)14(19)12-8-22-9-17(12)13(18)11-5-3-4-6-11/h10-12H,3-9H2,1-2H3,(H,20,21). The van der Waals surface area contributed by atoms with Crippen molar-refractivity contribution >= 4 is 29.5 Å². The number of carboxylic acids is 1. The third kappa shape index (κ3) is 3.74. The lowest BCUT2D eigenvalue weighted by molar-refractivity contribution is -0.147. The number of nitrogens with zero attached hydrogens (tertiary/aromatic N) is 2. The number of likely N-dealkylation sites (N-methyl/N-ethyl adjacent to an activating group) is 1. The number of carbonyl (C=O) groups excluding carboxylic acids is 2. The summed E-state index contributed by atoms with van der Waals surface area (Å²) in [6.07, 6.45) is 4.03. The van der Waals surface area contributed by atoms with Gasteiger partial charge in [-0.25, -0.2) is 0 Å². The van der Waals surface area contributed by atoms with Crippen LogP contribution in [-0.4, -0.2) is 64.0 Å². The van der Waals surface area contributed by atoms with E-state index in [-0.39, 0.29) is 24.3 Å². The fourth-order valence-electron chi connectivity index (χ4n) is 3.10. The van der Waals surface area contributed by atoms with Gasteiger partial charge in [0.25, 0.3) is 0 Å². The van der Waals surface area contributed by atoms with Crippen molar-refractivity contribution in [1.29, 1.82) is 0 Å². The van der Waals surface area contributed by atoms with Crippen molar-refractivity contribution in [3.05, 3.63) is 0 Å². The highest BCUT2D eigenvalue weighted by Crippen LogP contribution is 2.31. The molecule has 7 heteroatoms. The highest BCUT2D eigenvalue weighted by Gasteiger charge is 2.39. The van der Waals surface area contributed by atoms with Crippen LogP contribution in [0.25, 0.3) is 0 Å². The van der Waals surface area contributed by atoms with Crippen molar-refractivity contribution in [3.8, 4) is 0 Å². The Hall–Kier alpha value is -1.24. The Balaban J connectivity index is 1.98. The molecule has 1 aliphatic heterocycles. The van der Waals surface area contributed by atoms with Crippen LogP contribution in [0.4, 0.5) is 0 Å². The predicted molar refractivity (Wildman–Crippen MR) is 84.4 cm³/mol. The fourth-order valence-corrected chi connectivity index (χ4v) is 4.26. The Labute approximate surface area is 135 Å². The van der Waals surface area contributed by atoms with E-state index in [1.54, 1.807) is 30.6 Å². The first kappa shape index (κ1) is 17.1. The maximum atomic E-state index is 12.6. The van der Waals surface area contributed by atoms with Gasteiger partial charge in [0.2, 0.25) is 11.8 Å². The van der Waals surface area contributed by atoms with Crippen LogP contribution < -0.4 is 0 Å². The van der Waals surface area contributed by atoms with E-state index < -0.39 is 17.9 Å². The number of carboxylic acid groups (broad SMARTS) is 1. The zero-order valence-electron chi connectivity index (χ0n) is 13.2. The average molecular weight is 328 g/mol. The SMILES string of the molecule is CC(CN(C)C(=O)C1CSCN1C(=O)C1CCCC1)C(=O)O. The first-order chi connectivity index (χ1) is 10.4. The van der Waals surface area contributed by atoms with E-state index in [4.69, 9.17) is 5.11 Å². The van der Waals surface area contributed by atoms with E-state index in [9.17, 15) is 14.4 Å². The van der Waals surface area contributed by atoms with E-state index in [1.807, 2.05) is 0 Å². The van der Waals surface area contributed by atoms with Crippen LogP contribution in [0.15, 0.2) is 0 Å². The molecule has 0 bridgehead atoms.